The zero-order valence-electron chi connectivity index (χ0n) is 15.4. The molecule has 0 spiro atoms. The Kier molecular flexibility index (Phi) is 5.41. The summed E-state index contributed by atoms with van der Waals surface area (Å²) in [6.07, 6.45) is 4.34. The Morgan fingerprint density at radius 2 is 1.73 bits per heavy atom. The fourth-order valence-electron chi connectivity index (χ4n) is 2.73. The quantitative estimate of drug-likeness (QED) is 0.762. The maximum absolute atomic E-state index is 12.6. The van der Waals surface area contributed by atoms with Crippen LogP contribution in [0.15, 0.2) is 42.7 Å². The molecular formula is C20H23N5O. The van der Waals surface area contributed by atoms with E-state index in [1.165, 1.54) is 0 Å². The number of hydrogen-bond acceptors (Lipinski definition) is 4. The van der Waals surface area contributed by atoms with Gasteiger partial charge in [-0.3, -0.25) is 4.98 Å². The van der Waals surface area contributed by atoms with Crippen LogP contribution in [0.3, 0.4) is 0 Å². The van der Waals surface area contributed by atoms with Gasteiger partial charge in [0.15, 0.2) is 0 Å². The van der Waals surface area contributed by atoms with Crippen molar-refractivity contribution in [2.75, 3.05) is 18.4 Å². The molecule has 6 heteroatoms. The molecule has 0 bridgehead atoms. The standard InChI is InChI=1S/C20H23N5O/c1-4-25(12-9-16-7-10-21-11-8-16)20(26)24-17-5-6-18-19(13-17)23-15(3)14(2)22-18/h5-8,10-11,13H,4,9,12H2,1-3H3,(H,24,26). The number of aryl methyl sites for hydroxylation is 2. The number of aromatic nitrogens is 3. The third-order valence-corrected chi connectivity index (χ3v) is 4.42. The van der Waals surface area contributed by atoms with E-state index in [1.54, 1.807) is 17.3 Å². The molecule has 0 saturated carbocycles. The highest BCUT2D eigenvalue weighted by molar-refractivity contribution is 5.91. The van der Waals surface area contributed by atoms with Gasteiger partial charge in [0.2, 0.25) is 0 Å². The number of carbonyl (C=O) groups is 1. The van der Waals surface area contributed by atoms with Crippen LogP contribution < -0.4 is 5.32 Å². The first-order valence-corrected chi connectivity index (χ1v) is 8.76. The maximum atomic E-state index is 12.6. The molecule has 1 N–H and O–H groups in total. The number of likely N-dealkylation sites (N-methyl/N-ethyl adjacent to an activating group) is 1. The molecule has 3 rings (SSSR count). The van der Waals surface area contributed by atoms with Gasteiger partial charge in [-0.05, 0) is 63.1 Å². The summed E-state index contributed by atoms with van der Waals surface area (Å²) >= 11 is 0. The smallest absolute Gasteiger partial charge is 0.321 e. The predicted molar refractivity (Wildman–Crippen MR) is 103 cm³/mol. The van der Waals surface area contributed by atoms with Gasteiger partial charge in [0.25, 0.3) is 0 Å². The van der Waals surface area contributed by atoms with Gasteiger partial charge < -0.3 is 10.2 Å². The number of carbonyl (C=O) groups excluding carboxylic acids is 1. The highest BCUT2D eigenvalue weighted by Gasteiger charge is 2.12. The number of urea groups is 1. The minimum atomic E-state index is -0.113. The van der Waals surface area contributed by atoms with E-state index < -0.39 is 0 Å². The molecule has 2 amide bonds. The molecule has 26 heavy (non-hydrogen) atoms. The van der Waals surface area contributed by atoms with E-state index in [2.05, 4.69) is 20.3 Å². The largest absolute Gasteiger partial charge is 0.324 e. The van der Waals surface area contributed by atoms with Crippen molar-refractivity contribution in [1.29, 1.82) is 0 Å². The second-order valence-electron chi connectivity index (χ2n) is 6.21. The second-order valence-corrected chi connectivity index (χ2v) is 6.21. The Morgan fingerprint density at radius 1 is 1.04 bits per heavy atom. The molecule has 2 heterocycles. The summed E-state index contributed by atoms with van der Waals surface area (Å²) < 4.78 is 0. The molecular weight excluding hydrogens is 326 g/mol. The summed E-state index contributed by atoms with van der Waals surface area (Å²) in [4.78, 5) is 27.5. The van der Waals surface area contributed by atoms with Gasteiger partial charge in [-0.1, -0.05) is 0 Å². The lowest BCUT2D eigenvalue weighted by atomic mass is 10.2. The molecule has 0 radical (unpaired) electrons. The first-order chi connectivity index (χ1) is 12.6. The van der Waals surface area contributed by atoms with E-state index in [-0.39, 0.29) is 6.03 Å². The SMILES string of the molecule is CCN(CCc1ccncc1)C(=O)Nc1ccc2nc(C)c(C)nc2c1. The van der Waals surface area contributed by atoms with Gasteiger partial charge in [0.1, 0.15) is 0 Å². The van der Waals surface area contributed by atoms with Crippen LogP contribution in [0.5, 0.6) is 0 Å². The Morgan fingerprint density at radius 3 is 2.42 bits per heavy atom. The van der Waals surface area contributed by atoms with E-state index >= 15 is 0 Å². The van der Waals surface area contributed by atoms with Gasteiger partial charge in [0, 0.05) is 31.2 Å². The molecule has 0 aliphatic rings. The van der Waals surface area contributed by atoms with Crippen LogP contribution in [0.1, 0.15) is 23.9 Å². The van der Waals surface area contributed by atoms with Gasteiger partial charge in [-0.2, -0.15) is 0 Å². The molecule has 6 nitrogen and oxygen atoms in total. The van der Waals surface area contributed by atoms with Crippen LogP contribution >= 0.6 is 0 Å². The number of benzene rings is 1. The minimum Gasteiger partial charge on any atom is -0.324 e. The Bertz CT molecular complexity index is 911. The monoisotopic (exact) mass is 349 g/mol. The van der Waals surface area contributed by atoms with Gasteiger partial charge in [0.05, 0.1) is 22.4 Å². The molecule has 0 unspecified atom stereocenters. The number of hydrogen-bond donors (Lipinski definition) is 1. The first kappa shape index (κ1) is 17.8. The minimum absolute atomic E-state index is 0.113. The normalized spacial score (nSPS) is 10.7. The zero-order chi connectivity index (χ0) is 18.5. The predicted octanol–water partition coefficient (Wildman–Crippen LogP) is 3.74. The van der Waals surface area contributed by atoms with Crippen molar-refractivity contribution in [3.05, 3.63) is 59.7 Å². The van der Waals surface area contributed by atoms with E-state index in [0.29, 0.717) is 13.1 Å². The third kappa shape index (κ3) is 4.14. The fraction of sp³-hybridized carbons (Fsp3) is 0.300. The molecule has 0 atom stereocenters. The molecule has 0 saturated heterocycles. The summed E-state index contributed by atoms with van der Waals surface area (Å²) in [5.41, 5.74) is 5.32. The van der Waals surface area contributed by atoms with Crippen LogP contribution in [-0.4, -0.2) is 39.0 Å². The fourth-order valence-corrected chi connectivity index (χ4v) is 2.73. The topological polar surface area (TPSA) is 71.0 Å². The van der Waals surface area contributed by atoms with E-state index in [9.17, 15) is 4.79 Å². The highest BCUT2D eigenvalue weighted by atomic mass is 16.2. The number of amides is 2. The molecule has 134 valence electrons. The van der Waals surface area contributed by atoms with Crippen molar-refractivity contribution in [3.8, 4) is 0 Å². The van der Waals surface area contributed by atoms with Crippen molar-refractivity contribution in [1.82, 2.24) is 19.9 Å². The number of rotatable bonds is 5. The van der Waals surface area contributed by atoms with Crippen LogP contribution in [0.4, 0.5) is 10.5 Å². The van der Waals surface area contributed by atoms with Crippen molar-refractivity contribution in [2.45, 2.75) is 27.2 Å². The number of nitrogens with one attached hydrogen (secondary N) is 1. The van der Waals surface area contributed by atoms with Gasteiger partial charge in [-0.15, -0.1) is 0 Å². The van der Waals surface area contributed by atoms with Crippen LogP contribution in [0.25, 0.3) is 11.0 Å². The summed E-state index contributed by atoms with van der Waals surface area (Å²) in [7, 11) is 0. The second kappa shape index (κ2) is 7.91. The zero-order valence-corrected chi connectivity index (χ0v) is 15.4. The number of nitrogens with zero attached hydrogens (tertiary/aromatic N) is 4. The van der Waals surface area contributed by atoms with Crippen molar-refractivity contribution in [2.24, 2.45) is 0 Å². The van der Waals surface area contributed by atoms with Crippen molar-refractivity contribution >= 4 is 22.8 Å². The number of pyridine rings is 1. The number of anilines is 1. The lowest BCUT2D eigenvalue weighted by Crippen LogP contribution is -2.36. The molecule has 0 aliphatic carbocycles. The lowest BCUT2D eigenvalue weighted by Gasteiger charge is -2.21. The summed E-state index contributed by atoms with van der Waals surface area (Å²) in [5.74, 6) is 0. The highest BCUT2D eigenvalue weighted by Crippen LogP contribution is 2.18. The Balaban J connectivity index is 1.69. The molecule has 3 aromatic rings. The Hall–Kier alpha value is -3.02. The summed E-state index contributed by atoms with van der Waals surface area (Å²) in [6.45, 7) is 7.15. The van der Waals surface area contributed by atoms with Crippen molar-refractivity contribution in [3.63, 3.8) is 0 Å². The molecule has 2 aromatic heterocycles. The van der Waals surface area contributed by atoms with Crippen LogP contribution in [0.2, 0.25) is 0 Å². The molecule has 0 aliphatic heterocycles. The lowest BCUT2D eigenvalue weighted by molar-refractivity contribution is 0.215. The number of fused-ring (bicyclic) bond motifs is 1. The summed E-state index contributed by atoms with van der Waals surface area (Å²) in [6, 6.07) is 9.44. The van der Waals surface area contributed by atoms with Crippen molar-refractivity contribution < 1.29 is 4.79 Å². The van der Waals surface area contributed by atoms with E-state index in [4.69, 9.17) is 0 Å². The Labute approximate surface area is 153 Å². The van der Waals surface area contributed by atoms with E-state index in [0.717, 1.165) is 40.1 Å². The average molecular weight is 349 g/mol. The third-order valence-electron chi connectivity index (χ3n) is 4.42. The van der Waals surface area contributed by atoms with Gasteiger partial charge >= 0.3 is 6.03 Å². The van der Waals surface area contributed by atoms with Crippen LogP contribution in [-0.2, 0) is 6.42 Å². The van der Waals surface area contributed by atoms with Gasteiger partial charge in [-0.25, -0.2) is 14.8 Å². The summed E-state index contributed by atoms with van der Waals surface area (Å²) in [5, 5.41) is 2.96. The van der Waals surface area contributed by atoms with Crippen LogP contribution in [0, 0.1) is 13.8 Å². The average Bonchev–Trinajstić information content (AvgIpc) is 2.64. The maximum Gasteiger partial charge on any atom is 0.321 e. The molecule has 0 fully saturated rings. The molecule has 1 aromatic carbocycles. The first-order valence-electron chi connectivity index (χ1n) is 8.76. The van der Waals surface area contributed by atoms with E-state index in [1.807, 2.05) is 51.1 Å².